The Morgan fingerprint density at radius 1 is 1.26 bits per heavy atom. The number of H-pyrrole nitrogens is 1. The molecule has 0 bridgehead atoms. The first-order valence-corrected chi connectivity index (χ1v) is 10.4. The van der Waals surface area contributed by atoms with Crippen LogP contribution in [0.4, 0.5) is 0 Å². The van der Waals surface area contributed by atoms with Crippen molar-refractivity contribution in [3.8, 4) is 28.8 Å². The van der Waals surface area contributed by atoms with Gasteiger partial charge in [-0.15, -0.1) is 0 Å². The summed E-state index contributed by atoms with van der Waals surface area (Å²) in [5, 5.41) is 13.7. The third-order valence-corrected chi connectivity index (χ3v) is 6.21. The van der Waals surface area contributed by atoms with E-state index in [0.29, 0.717) is 22.9 Å². The summed E-state index contributed by atoms with van der Waals surface area (Å²) in [6.45, 7) is 0.842. The molecule has 1 aromatic heterocycles. The van der Waals surface area contributed by atoms with Crippen molar-refractivity contribution in [1.82, 2.24) is 9.55 Å². The van der Waals surface area contributed by atoms with E-state index in [9.17, 15) is 9.90 Å². The van der Waals surface area contributed by atoms with E-state index in [-0.39, 0.29) is 17.1 Å². The number of benzene rings is 2. The molecule has 9 heteroatoms. The maximum atomic E-state index is 13.7. The third-order valence-electron chi connectivity index (χ3n) is 5.92. The molecule has 0 saturated carbocycles. The van der Waals surface area contributed by atoms with Crippen molar-refractivity contribution in [2.45, 2.75) is 12.5 Å². The van der Waals surface area contributed by atoms with E-state index in [0.717, 1.165) is 29.0 Å². The van der Waals surface area contributed by atoms with Crippen molar-refractivity contribution in [3.63, 3.8) is 0 Å². The summed E-state index contributed by atoms with van der Waals surface area (Å²) < 4.78 is 18.3. The van der Waals surface area contributed by atoms with Gasteiger partial charge in [-0.1, -0.05) is 18.2 Å². The first kappa shape index (κ1) is 19.7. The minimum absolute atomic E-state index is 0.0660. The monoisotopic (exact) mass is 439 g/mol. The molecule has 0 saturated heterocycles. The zero-order valence-electron chi connectivity index (χ0n) is 17.1. The average molecular weight is 439 g/mol. The lowest BCUT2D eigenvalue weighted by Crippen LogP contribution is -3.10. The van der Waals surface area contributed by atoms with Gasteiger partial charge in [0.25, 0.3) is 5.56 Å². The van der Waals surface area contributed by atoms with Crippen LogP contribution >= 0.6 is 12.2 Å². The Labute approximate surface area is 183 Å². The first-order chi connectivity index (χ1) is 15.0. The van der Waals surface area contributed by atoms with Crippen molar-refractivity contribution in [2.75, 3.05) is 27.5 Å². The van der Waals surface area contributed by atoms with E-state index < -0.39 is 17.5 Å². The molecule has 5 rings (SSSR count). The van der Waals surface area contributed by atoms with Crippen LogP contribution in [0, 0.1) is 4.77 Å². The summed E-state index contributed by atoms with van der Waals surface area (Å²) in [5.74, 6) is 1.18. The van der Waals surface area contributed by atoms with E-state index in [1.165, 1.54) is 4.57 Å². The number of para-hydroxylation sites is 1. The first-order valence-electron chi connectivity index (χ1n) is 9.94. The van der Waals surface area contributed by atoms with Gasteiger partial charge in [-0.2, -0.15) is 0 Å². The molecule has 2 atom stereocenters. The molecular weight excluding hydrogens is 418 g/mol. The van der Waals surface area contributed by atoms with E-state index in [4.69, 9.17) is 26.4 Å². The van der Waals surface area contributed by atoms with Crippen LogP contribution in [0.1, 0.15) is 22.7 Å². The highest BCUT2D eigenvalue weighted by Crippen LogP contribution is 2.48. The van der Waals surface area contributed by atoms with Gasteiger partial charge in [-0.3, -0.25) is 9.78 Å². The summed E-state index contributed by atoms with van der Waals surface area (Å²) >= 11 is 5.33. The quantitative estimate of drug-likeness (QED) is 0.589. The highest BCUT2D eigenvalue weighted by Gasteiger charge is 2.39. The predicted molar refractivity (Wildman–Crippen MR) is 113 cm³/mol. The molecule has 2 aromatic carbocycles. The fourth-order valence-electron chi connectivity index (χ4n) is 4.51. The number of likely N-dealkylation sites (N-methyl/N-ethyl adjacent to an activating group) is 1. The van der Waals surface area contributed by atoms with E-state index >= 15 is 0 Å². The second-order valence-electron chi connectivity index (χ2n) is 7.64. The summed E-state index contributed by atoms with van der Waals surface area (Å²) in [6, 6.07) is 10.4. The van der Waals surface area contributed by atoms with Crippen molar-refractivity contribution in [1.29, 1.82) is 0 Å². The minimum atomic E-state index is -0.546. The topological polar surface area (TPSA) is 93.0 Å². The molecule has 0 radical (unpaired) electrons. The Kier molecular flexibility index (Phi) is 4.71. The van der Waals surface area contributed by atoms with Crippen molar-refractivity contribution in [2.24, 2.45) is 0 Å². The lowest BCUT2D eigenvalue weighted by atomic mass is 9.87. The van der Waals surface area contributed by atoms with Gasteiger partial charge >= 0.3 is 0 Å². The number of rotatable bonds is 3. The fraction of sp³-hybridized carbons (Fsp3) is 0.273. The summed E-state index contributed by atoms with van der Waals surface area (Å²) in [4.78, 5) is 16.8. The highest BCUT2D eigenvalue weighted by atomic mass is 32.1. The van der Waals surface area contributed by atoms with Gasteiger partial charge < -0.3 is 28.8 Å². The molecule has 2 aliphatic rings. The molecule has 2 N–H and O–H groups in total. The molecule has 0 fully saturated rings. The molecule has 3 aromatic rings. The SMILES string of the molecule is COc1c2c(cc3c1[C@H](c1c([O-])n(-c4ccccc4)c(=S)[nH]c1=O)[NH+](C)CC3)OCO2. The second-order valence-corrected chi connectivity index (χ2v) is 8.03. The number of ether oxygens (including phenoxy) is 3. The van der Waals surface area contributed by atoms with Gasteiger partial charge in [0.1, 0.15) is 6.04 Å². The molecular formula is C22H21N3O5S. The Bertz CT molecular complexity index is 1290. The summed E-state index contributed by atoms with van der Waals surface area (Å²) in [6.07, 6.45) is 0.758. The van der Waals surface area contributed by atoms with Gasteiger partial charge in [-0.05, 0) is 41.9 Å². The molecule has 1 unspecified atom stereocenters. The second kappa shape index (κ2) is 7.44. The Balaban J connectivity index is 1.80. The van der Waals surface area contributed by atoms with Crippen molar-refractivity contribution >= 4 is 12.2 Å². The average Bonchev–Trinajstić information content (AvgIpc) is 3.22. The fourth-order valence-corrected chi connectivity index (χ4v) is 4.79. The number of nitrogens with zero attached hydrogens (tertiary/aromatic N) is 1. The smallest absolute Gasteiger partial charge is 0.260 e. The normalized spacial score (nSPS) is 19.2. The Morgan fingerprint density at radius 2 is 2.03 bits per heavy atom. The molecule has 8 nitrogen and oxygen atoms in total. The van der Waals surface area contributed by atoms with Crippen LogP contribution in [0.2, 0.25) is 0 Å². The number of hydrogen-bond donors (Lipinski definition) is 2. The van der Waals surface area contributed by atoms with Crippen LogP contribution in [0.3, 0.4) is 0 Å². The minimum Gasteiger partial charge on any atom is -0.859 e. The highest BCUT2D eigenvalue weighted by molar-refractivity contribution is 7.71. The summed E-state index contributed by atoms with van der Waals surface area (Å²) in [5.41, 5.74) is 1.98. The van der Waals surface area contributed by atoms with Crippen LogP contribution in [0.25, 0.3) is 5.69 Å². The molecule has 160 valence electrons. The number of aromatic amines is 1. The number of fused-ring (bicyclic) bond motifs is 2. The largest absolute Gasteiger partial charge is 0.859 e. The summed E-state index contributed by atoms with van der Waals surface area (Å²) in [7, 11) is 3.52. The molecule has 0 spiro atoms. The number of methoxy groups -OCH3 is 1. The Morgan fingerprint density at radius 3 is 2.77 bits per heavy atom. The molecule has 3 heterocycles. The zero-order chi connectivity index (χ0) is 21.7. The van der Waals surface area contributed by atoms with Gasteiger partial charge in [0.2, 0.25) is 12.5 Å². The van der Waals surface area contributed by atoms with Gasteiger partial charge in [0, 0.05) is 12.1 Å². The maximum Gasteiger partial charge on any atom is 0.260 e. The van der Waals surface area contributed by atoms with E-state index in [2.05, 4.69) is 4.98 Å². The lowest BCUT2D eigenvalue weighted by Gasteiger charge is -2.35. The zero-order valence-corrected chi connectivity index (χ0v) is 17.9. The molecule has 0 aliphatic carbocycles. The predicted octanol–water partition coefficient (Wildman–Crippen LogP) is 0.866. The van der Waals surface area contributed by atoms with Gasteiger partial charge in [0.15, 0.2) is 16.3 Å². The molecule has 0 amide bonds. The van der Waals surface area contributed by atoms with Gasteiger partial charge in [-0.25, -0.2) is 0 Å². The van der Waals surface area contributed by atoms with Crippen LogP contribution in [0.15, 0.2) is 41.2 Å². The molecule has 31 heavy (non-hydrogen) atoms. The van der Waals surface area contributed by atoms with Crippen LogP contribution in [-0.4, -0.2) is 37.0 Å². The number of hydrogen-bond acceptors (Lipinski definition) is 6. The van der Waals surface area contributed by atoms with Gasteiger partial charge in [0.05, 0.1) is 31.8 Å². The number of quaternary nitrogens is 1. The van der Waals surface area contributed by atoms with Crippen molar-refractivity contribution in [3.05, 3.63) is 68.2 Å². The lowest BCUT2D eigenvalue weighted by molar-refractivity contribution is -0.908. The van der Waals surface area contributed by atoms with Crippen molar-refractivity contribution < 1.29 is 24.2 Å². The standard InChI is InChI=1S/C22H21N3O5S/c1-24-9-8-12-10-14-18(30-11-29-14)19(28-2)15(12)17(24)16-20(26)23-22(31)25(21(16)27)13-6-4-3-5-7-13/h3-7,10,17,27H,8-9,11H2,1-2H3,(H,23,26,31)/t17-/m1/s1. The van der Waals surface area contributed by atoms with Crippen LogP contribution in [0.5, 0.6) is 23.1 Å². The van der Waals surface area contributed by atoms with Crippen LogP contribution < -0.4 is 29.8 Å². The van der Waals surface area contributed by atoms with E-state index in [1.54, 1.807) is 19.2 Å². The van der Waals surface area contributed by atoms with Crippen LogP contribution in [-0.2, 0) is 6.42 Å². The molecule has 2 aliphatic heterocycles. The third kappa shape index (κ3) is 3.00. The number of aromatic nitrogens is 2. The number of nitrogens with one attached hydrogen (secondary N) is 2. The van der Waals surface area contributed by atoms with E-state index in [1.807, 2.05) is 31.3 Å². The maximum absolute atomic E-state index is 13.7. The Hall–Kier alpha value is -3.30.